The van der Waals surface area contributed by atoms with E-state index in [-0.39, 0.29) is 11.5 Å². The van der Waals surface area contributed by atoms with Crippen molar-refractivity contribution in [2.24, 2.45) is 0 Å². The van der Waals surface area contributed by atoms with Crippen molar-refractivity contribution in [3.05, 3.63) is 22.2 Å². The molecule has 2 N–H and O–H groups in total. The zero-order chi connectivity index (χ0) is 14.9. The van der Waals surface area contributed by atoms with E-state index in [1.165, 1.54) is 7.11 Å². The Hall–Kier alpha value is -1.42. The number of aromatic hydroxyl groups is 1. The lowest BCUT2D eigenvalue weighted by Crippen LogP contribution is -2.38. The zero-order valence-electron chi connectivity index (χ0n) is 11.7. The number of aryl methyl sites for hydroxylation is 1. The molecule has 1 aromatic carbocycles. The van der Waals surface area contributed by atoms with Crippen molar-refractivity contribution in [1.29, 1.82) is 0 Å². The van der Waals surface area contributed by atoms with Crippen LogP contribution in [0.1, 0.15) is 43.2 Å². The van der Waals surface area contributed by atoms with E-state index in [1.54, 1.807) is 13.0 Å². The number of carboxylic acids is 1. The van der Waals surface area contributed by atoms with Crippen LogP contribution in [-0.4, -0.2) is 23.3 Å². The van der Waals surface area contributed by atoms with Gasteiger partial charge in [-0.1, -0.05) is 30.9 Å². The number of phenols is 1. The number of rotatable bonds is 3. The van der Waals surface area contributed by atoms with Crippen LogP contribution >= 0.6 is 11.6 Å². The molecule has 0 atom stereocenters. The van der Waals surface area contributed by atoms with Crippen LogP contribution in [0.4, 0.5) is 0 Å². The van der Waals surface area contributed by atoms with E-state index >= 15 is 0 Å². The number of carbonyl (C=O) groups is 1. The van der Waals surface area contributed by atoms with Crippen LogP contribution in [0, 0.1) is 6.92 Å². The quantitative estimate of drug-likeness (QED) is 0.894. The summed E-state index contributed by atoms with van der Waals surface area (Å²) in [5.41, 5.74) is 0.105. The summed E-state index contributed by atoms with van der Waals surface area (Å²) in [6.45, 7) is 1.78. The highest BCUT2D eigenvalue weighted by molar-refractivity contribution is 6.32. The van der Waals surface area contributed by atoms with Crippen LogP contribution in [-0.2, 0) is 10.2 Å². The number of carboxylic acid groups (broad SMARTS) is 1. The van der Waals surface area contributed by atoms with Gasteiger partial charge in [-0.3, -0.25) is 4.79 Å². The first-order chi connectivity index (χ1) is 9.44. The van der Waals surface area contributed by atoms with E-state index in [0.29, 0.717) is 29.0 Å². The van der Waals surface area contributed by atoms with Crippen molar-refractivity contribution in [3.63, 3.8) is 0 Å². The second-order valence-electron chi connectivity index (χ2n) is 5.38. The second-order valence-corrected chi connectivity index (χ2v) is 5.79. The molecular weight excluding hydrogens is 280 g/mol. The van der Waals surface area contributed by atoms with Crippen molar-refractivity contribution >= 4 is 17.6 Å². The molecule has 0 amide bonds. The molecule has 0 spiro atoms. The lowest BCUT2D eigenvalue weighted by Gasteiger charge is -2.35. The maximum atomic E-state index is 11.9. The molecule has 110 valence electrons. The Labute approximate surface area is 123 Å². The van der Waals surface area contributed by atoms with Gasteiger partial charge in [-0.15, -0.1) is 0 Å². The Morgan fingerprint density at radius 3 is 2.45 bits per heavy atom. The third kappa shape index (κ3) is 2.22. The number of phenolic OH excluding ortho intramolecular Hbond substituents is 1. The first kappa shape index (κ1) is 15.0. The predicted molar refractivity (Wildman–Crippen MR) is 76.8 cm³/mol. The zero-order valence-corrected chi connectivity index (χ0v) is 12.5. The Morgan fingerprint density at radius 2 is 1.95 bits per heavy atom. The van der Waals surface area contributed by atoms with Gasteiger partial charge in [0.1, 0.15) is 0 Å². The number of ether oxygens (including phenoxy) is 1. The molecule has 0 unspecified atom stereocenters. The van der Waals surface area contributed by atoms with E-state index in [2.05, 4.69) is 0 Å². The van der Waals surface area contributed by atoms with E-state index in [4.69, 9.17) is 16.3 Å². The molecule has 1 saturated carbocycles. The molecule has 0 bridgehead atoms. The summed E-state index contributed by atoms with van der Waals surface area (Å²) in [6, 6.07) is 1.66. The smallest absolute Gasteiger partial charge is 0.314 e. The summed E-state index contributed by atoms with van der Waals surface area (Å²) in [5.74, 6) is -0.875. The molecule has 1 aliphatic rings. The van der Waals surface area contributed by atoms with Gasteiger partial charge in [-0.2, -0.15) is 0 Å². The number of aliphatic carboxylic acids is 1. The van der Waals surface area contributed by atoms with Gasteiger partial charge < -0.3 is 14.9 Å². The molecular formula is C15H19ClO4. The summed E-state index contributed by atoms with van der Waals surface area (Å²) in [5, 5.41) is 20.5. The van der Waals surface area contributed by atoms with Crippen molar-refractivity contribution in [1.82, 2.24) is 0 Å². The fourth-order valence-electron chi connectivity index (χ4n) is 3.27. The lowest BCUT2D eigenvalue weighted by molar-refractivity contribution is -0.145. The molecule has 0 radical (unpaired) electrons. The van der Waals surface area contributed by atoms with Crippen LogP contribution < -0.4 is 4.74 Å². The molecule has 0 saturated heterocycles. The molecule has 2 rings (SSSR count). The minimum atomic E-state index is -1.04. The van der Waals surface area contributed by atoms with Crippen molar-refractivity contribution in [3.8, 4) is 11.5 Å². The highest BCUT2D eigenvalue weighted by Crippen LogP contribution is 2.49. The second kappa shape index (κ2) is 5.52. The maximum Gasteiger partial charge on any atom is 0.314 e. The lowest BCUT2D eigenvalue weighted by atomic mass is 9.68. The SMILES string of the molecule is COc1c(Cl)cc(C)c(C2(C(=O)O)CCCCC2)c1O. The molecule has 0 aliphatic heterocycles. The Kier molecular flexibility index (Phi) is 4.14. The minimum absolute atomic E-state index is 0.137. The third-order valence-electron chi connectivity index (χ3n) is 4.21. The number of methoxy groups -OCH3 is 1. The van der Waals surface area contributed by atoms with Gasteiger partial charge in [-0.05, 0) is 31.4 Å². The first-order valence-corrected chi connectivity index (χ1v) is 7.12. The molecule has 0 heterocycles. The van der Waals surface area contributed by atoms with Crippen molar-refractivity contribution in [2.75, 3.05) is 7.11 Å². The average molecular weight is 299 g/mol. The van der Waals surface area contributed by atoms with Crippen LogP contribution in [0.3, 0.4) is 0 Å². The summed E-state index contributed by atoms with van der Waals surface area (Å²) < 4.78 is 5.11. The van der Waals surface area contributed by atoms with Crippen LogP contribution in [0.25, 0.3) is 0 Å². The minimum Gasteiger partial charge on any atom is -0.504 e. The predicted octanol–water partition coefficient (Wildman–Crippen LogP) is 3.65. The Morgan fingerprint density at radius 1 is 1.35 bits per heavy atom. The van der Waals surface area contributed by atoms with Crippen LogP contribution in [0.5, 0.6) is 11.5 Å². The summed E-state index contributed by atoms with van der Waals surface area (Å²) in [7, 11) is 1.41. The number of benzene rings is 1. The fourth-order valence-corrected chi connectivity index (χ4v) is 3.60. The summed E-state index contributed by atoms with van der Waals surface area (Å²) in [4.78, 5) is 11.9. The first-order valence-electron chi connectivity index (χ1n) is 6.74. The normalized spacial score (nSPS) is 17.8. The third-order valence-corrected chi connectivity index (χ3v) is 4.49. The molecule has 0 aromatic heterocycles. The van der Waals surface area contributed by atoms with Crippen molar-refractivity contribution < 1.29 is 19.7 Å². The van der Waals surface area contributed by atoms with E-state index in [9.17, 15) is 15.0 Å². The number of hydrogen-bond acceptors (Lipinski definition) is 3. The topological polar surface area (TPSA) is 66.8 Å². The number of halogens is 1. The van der Waals surface area contributed by atoms with Gasteiger partial charge in [0.05, 0.1) is 17.5 Å². The van der Waals surface area contributed by atoms with E-state index in [1.807, 2.05) is 0 Å². The van der Waals surface area contributed by atoms with Crippen molar-refractivity contribution in [2.45, 2.75) is 44.4 Å². The van der Waals surface area contributed by atoms with Crippen LogP contribution in [0.15, 0.2) is 6.07 Å². The molecule has 1 fully saturated rings. The Balaban J connectivity index is 2.68. The van der Waals surface area contributed by atoms with Crippen LogP contribution in [0.2, 0.25) is 5.02 Å². The molecule has 5 heteroatoms. The Bertz CT molecular complexity index is 533. The highest BCUT2D eigenvalue weighted by Gasteiger charge is 2.45. The average Bonchev–Trinajstić information content (AvgIpc) is 2.39. The highest BCUT2D eigenvalue weighted by atomic mass is 35.5. The van der Waals surface area contributed by atoms with Gasteiger partial charge in [0, 0.05) is 5.56 Å². The van der Waals surface area contributed by atoms with Gasteiger partial charge in [-0.25, -0.2) is 0 Å². The molecule has 20 heavy (non-hydrogen) atoms. The summed E-state index contributed by atoms with van der Waals surface area (Å²) >= 11 is 6.04. The standard InChI is InChI=1S/C15H19ClO4/c1-9-8-10(16)13(20-2)12(17)11(9)15(14(18)19)6-4-3-5-7-15/h8,17H,3-7H2,1-2H3,(H,18,19). The van der Waals surface area contributed by atoms with E-state index in [0.717, 1.165) is 19.3 Å². The molecule has 1 aromatic rings. The van der Waals surface area contributed by atoms with Gasteiger partial charge in [0.25, 0.3) is 0 Å². The summed E-state index contributed by atoms with van der Waals surface area (Å²) in [6.07, 6.45) is 3.77. The monoisotopic (exact) mass is 298 g/mol. The van der Waals surface area contributed by atoms with E-state index < -0.39 is 11.4 Å². The molecule has 1 aliphatic carbocycles. The van der Waals surface area contributed by atoms with Gasteiger partial charge in [0.2, 0.25) is 0 Å². The number of hydrogen-bond donors (Lipinski definition) is 2. The van der Waals surface area contributed by atoms with Gasteiger partial charge in [0.15, 0.2) is 11.5 Å². The molecule has 4 nitrogen and oxygen atoms in total. The largest absolute Gasteiger partial charge is 0.504 e. The van der Waals surface area contributed by atoms with Gasteiger partial charge >= 0.3 is 5.97 Å². The maximum absolute atomic E-state index is 11.9. The fraction of sp³-hybridized carbons (Fsp3) is 0.533.